The Labute approximate surface area is 70.7 Å². The van der Waals surface area contributed by atoms with Gasteiger partial charge in [-0.1, -0.05) is 29.5 Å². The first-order chi connectivity index (χ1) is 4.27. The quantitative estimate of drug-likeness (QED) is 0.328. The highest BCUT2D eigenvalue weighted by molar-refractivity contribution is 14.1. The molecule has 0 aliphatic carbocycles. The minimum atomic E-state index is 0.607. The molecule has 0 aromatic carbocycles. The molecular weight excluding hydrogens is 227 g/mol. The molecule has 0 aliphatic rings. The summed E-state index contributed by atoms with van der Waals surface area (Å²) in [5.41, 5.74) is 5.23. The Morgan fingerprint density at radius 1 is 1.67 bits per heavy atom. The van der Waals surface area contributed by atoms with Crippen molar-refractivity contribution in [3.63, 3.8) is 0 Å². The highest BCUT2D eigenvalue weighted by Gasteiger charge is 1.92. The standard InChI is InChI=1S/C6H15IN2/c1-6(7)3-2-4-9-5-8/h6,9H,2-5,8H2,1H3. The molecule has 3 N–H and O–H groups in total. The molecule has 1 unspecified atom stereocenters. The molecule has 9 heavy (non-hydrogen) atoms. The van der Waals surface area contributed by atoms with Gasteiger partial charge in [0.15, 0.2) is 0 Å². The summed E-state index contributed by atoms with van der Waals surface area (Å²) >= 11 is 2.44. The van der Waals surface area contributed by atoms with E-state index in [1.165, 1.54) is 12.8 Å². The topological polar surface area (TPSA) is 38.0 Å². The Balaban J connectivity index is 2.75. The normalized spacial score (nSPS) is 13.7. The summed E-state index contributed by atoms with van der Waals surface area (Å²) in [6.07, 6.45) is 2.52. The Bertz CT molecular complexity index is 57.0. The molecule has 2 nitrogen and oxygen atoms in total. The van der Waals surface area contributed by atoms with E-state index in [0.29, 0.717) is 6.67 Å². The molecule has 0 bridgehead atoms. The van der Waals surface area contributed by atoms with E-state index in [1.54, 1.807) is 0 Å². The summed E-state index contributed by atoms with van der Waals surface area (Å²) in [5, 5.41) is 3.08. The smallest absolute Gasteiger partial charge is 0.0428 e. The molecule has 0 rings (SSSR count). The molecule has 0 fully saturated rings. The third-order valence-corrected chi connectivity index (χ3v) is 1.72. The summed E-state index contributed by atoms with van der Waals surface area (Å²) in [6.45, 7) is 3.89. The molecule has 56 valence electrons. The number of nitrogens with two attached hydrogens (primary N) is 1. The maximum absolute atomic E-state index is 5.23. The van der Waals surface area contributed by atoms with E-state index < -0.39 is 0 Å². The number of hydrogen-bond donors (Lipinski definition) is 2. The molecule has 0 aromatic rings. The SMILES string of the molecule is CC(I)CCCNCN. The van der Waals surface area contributed by atoms with Crippen molar-refractivity contribution < 1.29 is 0 Å². The van der Waals surface area contributed by atoms with Gasteiger partial charge in [-0.15, -0.1) is 0 Å². The average Bonchev–Trinajstić information content (AvgIpc) is 1.80. The molecule has 0 aromatic heterocycles. The Morgan fingerprint density at radius 2 is 2.33 bits per heavy atom. The van der Waals surface area contributed by atoms with Gasteiger partial charge in [0, 0.05) is 10.6 Å². The van der Waals surface area contributed by atoms with Gasteiger partial charge in [-0.25, -0.2) is 0 Å². The van der Waals surface area contributed by atoms with Gasteiger partial charge in [0.05, 0.1) is 0 Å². The van der Waals surface area contributed by atoms with E-state index >= 15 is 0 Å². The molecule has 3 heteroatoms. The molecule has 0 amide bonds. The summed E-state index contributed by atoms with van der Waals surface area (Å²) in [6, 6.07) is 0. The van der Waals surface area contributed by atoms with Gasteiger partial charge in [0.1, 0.15) is 0 Å². The third-order valence-electron chi connectivity index (χ3n) is 1.10. The van der Waals surface area contributed by atoms with Crippen molar-refractivity contribution >= 4 is 22.6 Å². The lowest BCUT2D eigenvalue weighted by Crippen LogP contribution is -2.23. The van der Waals surface area contributed by atoms with E-state index in [2.05, 4.69) is 34.8 Å². The zero-order chi connectivity index (χ0) is 7.11. The van der Waals surface area contributed by atoms with Crippen molar-refractivity contribution in [2.45, 2.75) is 23.7 Å². The Morgan fingerprint density at radius 3 is 2.78 bits per heavy atom. The van der Waals surface area contributed by atoms with Crippen LogP contribution in [0.25, 0.3) is 0 Å². The van der Waals surface area contributed by atoms with Crippen LogP contribution in [-0.4, -0.2) is 17.1 Å². The van der Waals surface area contributed by atoms with Crippen LogP contribution >= 0.6 is 22.6 Å². The number of nitrogens with one attached hydrogen (secondary N) is 1. The van der Waals surface area contributed by atoms with E-state index in [0.717, 1.165) is 10.5 Å². The van der Waals surface area contributed by atoms with Crippen molar-refractivity contribution in [3.8, 4) is 0 Å². The van der Waals surface area contributed by atoms with Gasteiger partial charge < -0.3 is 11.1 Å². The largest absolute Gasteiger partial charge is 0.318 e. The van der Waals surface area contributed by atoms with E-state index in [4.69, 9.17) is 5.73 Å². The van der Waals surface area contributed by atoms with Crippen molar-refractivity contribution in [2.75, 3.05) is 13.2 Å². The second-order valence-corrected chi connectivity index (χ2v) is 4.25. The summed E-state index contributed by atoms with van der Waals surface area (Å²) < 4.78 is 0.794. The lowest BCUT2D eigenvalue weighted by molar-refractivity contribution is 0.636. The van der Waals surface area contributed by atoms with Gasteiger partial charge in [0.25, 0.3) is 0 Å². The minimum Gasteiger partial charge on any atom is -0.318 e. The summed E-state index contributed by atoms with van der Waals surface area (Å²) in [4.78, 5) is 0. The maximum Gasteiger partial charge on any atom is 0.0428 e. The van der Waals surface area contributed by atoms with E-state index in [-0.39, 0.29) is 0 Å². The summed E-state index contributed by atoms with van der Waals surface area (Å²) in [5.74, 6) is 0. The predicted molar refractivity (Wildman–Crippen MR) is 49.8 cm³/mol. The lowest BCUT2D eigenvalue weighted by Gasteiger charge is -2.02. The monoisotopic (exact) mass is 242 g/mol. The van der Waals surface area contributed by atoms with Crippen LogP contribution in [0, 0.1) is 0 Å². The van der Waals surface area contributed by atoms with Gasteiger partial charge in [-0.05, 0) is 19.4 Å². The first kappa shape index (κ1) is 9.65. The molecule has 0 spiro atoms. The maximum atomic E-state index is 5.23. The zero-order valence-corrected chi connectivity index (χ0v) is 8.02. The fraction of sp³-hybridized carbons (Fsp3) is 1.00. The second-order valence-electron chi connectivity index (χ2n) is 2.13. The molecule has 1 atom stereocenters. The second kappa shape index (κ2) is 6.77. The Kier molecular flexibility index (Phi) is 7.25. The lowest BCUT2D eigenvalue weighted by atomic mass is 10.2. The zero-order valence-electron chi connectivity index (χ0n) is 5.86. The fourth-order valence-electron chi connectivity index (χ4n) is 0.610. The van der Waals surface area contributed by atoms with Crippen molar-refractivity contribution in [1.82, 2.24) is 5.32 Å². The Hall–Kier alpha value is 0.650. The molecule has 0 aliphatic heterocycles. The fourth-order valence-corrected chi connectivity index (χ4v) is 1.05. The highest BCUT2D eigenvalue weighted by Crippen LogP contribution is 2.05. The molecule has 0 radical (unpaired) electrons. The van der Waals surface area contributed by atoms with E-state index in [9.17, 15) is 0 Å². The minimum absolute atomic E-state index is 0.607. The van der Waals surface area contributed by atoms with Crippen LogP contribution in [0.3, 0.4) is 0 Å². The van der Waals surface area contributed by atoms with Crippen molar-refractivity contribution in [2.24, 2.45) is 5.73 Å². The first-order valence-corrected chi connectivity index (χ1v) is 4.56. The predicted octanol–water partition coefficient (Wildman–Crippen LogP) is 1.10. The van der Waals surface area contributed by atoms with Crippen LogP contribution in [0.15, 0.2) is 0 Å². The first-order valence-electron chi connectivity index (χ1n) is 3.32. The van der Waals surface area contributed by atoms with Crippen LogP contribution in [0.4, 0.5) is 0 Å². The van der Waals surface area contributed by atoms with Crippen LogP contribution < -0.4 is 11.1 Å². The van der Waals surface area contributed by atoms with Crippen molar-refractivity contribution in [3.05, 3.63) is 0 Å². The summed E-state index contributed by atoms with van der Waals surface area (Å²) in [7, 11) is 0. The van der Waals surface area contributed by atoms with E-state index in [1.807, 2.05) is 0 Å². The van der Waals surface area contributed by atoms with Gasteiger partial charge >= 0.3 is 0 Å². The number of rotatable bonds is 5. The van der Waals surface area contributed by atoms with Crippen LogP contribution in [0.5, 0.6) is 0 Å². The van der Waals surface area contributed by atoms with Gasteiger partial charge in [0.2, 0.25) is 0 Å². The average molecular weight is 242 g/mol. The van der Waals surface area contributed by atoms with Crippen molar-refractivity contribution in [1.29, 1.82) is 0 Å². The van der Waals surface area contributed by atoms with Crippen LogP contribution in [0.2, 0.25) is 0 Å². The number of hydrogen-bond acceptors (Lipinski definition) is 2. The molecular formula is C6H15IN2. The molecule has 0 saturated heterocycles. The number of halogens is 1. The highest BCUT2D eigenvalue weighted by atomic mass is 127. The van der Waals surface area contributed by atoms with Gasteiger partial charge in [-0.2, -0.15) is 0 Å². The third kappa shape index (κ3) is 8.65. The van der Waals surface area contributed by atoms with Crippen LogP contribution in [-0.2, 0) is 0 Å². The number of alkyl halides is 1. The van der Waals surface area contributed by atoms with Crippen LogP contribution in [0.1, 0.15) is 19.8 Å². The molecule has 0 heterocycles. The van der Waals surface area contributed by atoms with Gasteiger partial charge in [-0.3, -0.25) is 0 Å². The molecule has 0 saturated carbocycles.